The molecule has 0 fully saturated rings. The molecule has 0 bridgehead atoms. The van der Waals surface area contributed by atoms with Crippen LogP contribution < -0.4 is 9.80 Å². The molecule has 0 saturated carbocycles. The normalized spacial score (nSPS) is 13.5. The highest BCUT2D eigenvalue weighted by Crippen LogP contribution is 2.44. The lowest BCUT2D eigenvalue weighted by Gasteiger charge is -2.32. The van der Waals surface area contributed by atoms with E-state index in [2.05, 4.69) is 217 Å². The second-order valence-corrected chi connectivity index (χ2v) is 15.1. The molecule has 0 spiro atoms. The first-order valence-electron chi connectivity index (χ1n) is 20.3. The number of allylic oxidation sites excluding steroid dienone is 4. The highest BCUT2D eigenvalue weighted by molar-refractivity contribution is 6.30. The van der Waals surface area contributed by atoms with Gasteiger partial charge in [-0.3, -0.25) is 0 Å². The predicted octanol–water partition coefficient (Wildman–Crippen LogP) is 15.7. The van der Waals surface area contributed by atoms with Crippen molar-refractivity contribution in [3.8, 4) is 11.1 Å². The number of fused-ring (bicyclic) bond motifs is 9. The second kappa shape index (κ2) is 15.1. The number of furan rings is 1. The number of hydrogen-bond donors (Lipinski definition) is 0. The Hall–Kier alpha value is -7.10. The molecule has 10 rings (SSSR count). The van der Waals surface area contributed by atoms with Gasteiger partial charge in [-0.05, 0) is 143 Å². The average molecular weight is 749 g/mol. The summed E-state index contributed by atoms with van der Waals surface area (Å²) in [5.74, 6) is 0. The minimum atomic E-state index is 0.0911. The average Bonchev–Trinajstić information content (AvgIpc) is 3.68. The molecular weight excluding hydrogens is 705 g/mol. The molecule has 9 aromatic rings. The van der Waals surface area contributed by atoms with E-state index in [0.717, 1.165) is 80.5 Å². The summed E-state index contributed by atoms with van der Waals surface area (Å²) in [5, 5.41) is 9.38. The van der Waals surface area contributed by atoms with Gasteiger partial charge in [0.25, 0.3) is 0 Å². The first kappa shape index (κ1) is 35.3. The first-order chi connectivity index (χ1) is 28.7. The lowest BCUT2D eigenvalue weighted by Crippen LogP contribution is -2.28. The molecule has 280 valence electrons. The lowest BCUT2D eigenvalue weighted by molar-refractivity contribution is 0.673. The van der Waals surface area contributed by atoms with Gasteiger partial charge in [0.05, 0.1) is 6.04 Å². The SMILES string of the molecule is C=CC(C/C=C\C)N(c1ccccc1)c1ccc2c(c1)c1ccccc1c1c3ccc(-c4ccc5cc(N(C6=CCCC=C6)c6ccccc6)ccc5c4)cc3oc21. The number of hydrogen-bond acceptors (Lipinski definition) is 3. The van der Waals surface area contributed by atoms with Crippen LogP contribution in [0.4, 0.5) is 22.7 Å². The maximum Gasteiger partial charge on any atom is 0.143 e. The van der Waals surface area contributed by atoms with Gasteiger partial charge in [0.1, 0.15) is 11.2 Å². The van der Waals surface area contributed by atoms with Crippen LogP contribution in [-0.2, 0) is 0 Å². The predicted molar refractivity (Wildman–Crippen MR) is 249 cm³/mol. The number of para-hydroxylation sites is 2. The van der Waals surface area contributed by atoms with E-state index in [9.17, 15) is 0 Å². The molecule has 1 atom stereocenters. The molecule has 3 heteroatoms. The molecule has 0 radical (unpaired) electrons. The number of nitrogens with zero attached hydrogens (tertiary/aromatic N) is 2. The largest absolute Gasteiger partial charge is 0.455 e. The van der Waals surface area contributed by atoms with Crippen LogP contribution in [0, 0.1) is 0 Å². The molecule has 0 N–H and O–H groups in total. The van der Waals surface area contributed by atoms with Crippen LogP contribution in [-0.4, -0.2) is 6.04 Å². The summed E-state index contributed by atoms with van der Waals surface area (Å²) in [4.78, 5) is 4.75. The third kappa shape index (κ3) is 6.26. The Labute approximate surface area is 339 Å². The molecule has 0 amide bonds. The molecule has 1 aliphatic rings. The molecule has 1 aliphatic carbocycles. The molecule has 0 aliphatic heterocycles. The van der Waals surface area contributed by atoms with Crippen molar-refractivity contribution in [1.29, 1.82) is 0 Å². The van der Waals surface area contributed by atoms with E-state index in [1.165, 1.54) is 32.6 Å². The van der Waals surface area contributed by atoms with Gasteiger partial charge in [-0.1, -0.05) is 115 Å². The zero-order chi connectivity index (χ0) is 39.0. The van der Waals surface area contributed by atoms with Crippen molar-refractivity contribution in [1.82, 2.24) is 0 Å². The monoisotopic (exact) mass is 748 g/mol. The zero-order valence-electron chi connectivity index (χ0n) is 32.7. The smallest absolute Gasteiger partial charge is 0.143 e. The number of anilines is 4. The van der Waals surface area contributed by atoms with E-state index in [1.807, 2.05) is 0 Å². The van der Waals surface area contributed by atoms with E-state index in [1.54, 1.807) is 0 Å². The molecule has 1 heterocycles. The fourth-order valence-electron chi connectivity index (χ4n) is 8.82. The maximum atomic E-state index is 6.92. The molecule has 1 unspecified atom stereocenters. The van der Waals surface area contributed by atoms with Crippen LogP contribution in [0.15, 0.2) is 211 Å². The van der Waals surface area contributed by atoms with Crippen LogP contribution in [0.3, 0.4) is 0 Å². The van der Waals surface area contributed by atoms with Gasteiger partial charge in [-0.25, -0.2) is 0 Å². The molecule has 58 heavy (non-hydrogen) atoms. The van der Waals surface area contributed by atoms with Crippen molar-refractivity contribution in [2.75, 3.05) is 9.80 Å². The second-order valence-electron chi connectivity index (χ2n) is 15.1. The van der Waals surface area contributed by atoms with Gasteiger partial charge >= 0.3 is 0 Å². The van der Waals surface area contributed by atoms with Gasteiger partial charge in [0, 0.05) is 44.6 Å². The zero-order valence-corrected chi connectivity index (χ0v) is 32.7. The van der Waals surface area contributed by atoms with Crippen LogP contribution in [0.2, 0.25) is 0 Å². The van der Waals surface area contributed by atoms with E-state index < -0.39 is 0 Å². The summed E-state index contributed by atoms with van der Waals surface area (Å²) in [6.45, 7) is 6.32. The molecule has 0 saturated heterocycles. The van der Waals surface area contributed by atoms with E-state index in [-0.39, 0.29) is 6.04 Å². The minimum absolute atomic E-state index is 0.0911. The third-order valence-electron chi connectivity index (χ3n) is 11.6. The van der Waals surface area contributed by atoms with Gasteiger partial charge in [0.15, 0.2) is 0 Å². The van der Waals surface area contributed by atoms with Crippen molar-refractivity contribution in [2.24, 2.45) is 0 Å². The number of rotatable bonds is 10. The van der Waals surface area contributed by atoms with Gasteiger partial charge in [-0.2, -0.15) is 0 Å². The summed E-state index contributed by atoms with van der Waals surface area (Å²) in [5.41, 5.74) is 9.89. The lowest BCUT2D eigenvalue weighted by atomic mass is 9.95. The highest BCUT2D eigenvalue weighted by atomic mass is 16.3. The fourth-order valence-corrected chi connectivity index (χ4v) is 8.82. The number of benzene rings is 8. The minimum Gasteiger partial charge on any atom is -0.455 e. The fraction of sp³-hybridized carbons (Fsp3) is 0.0909. The Morgan fingerprint density at radius 2 is 1.29 bits per heavy atom. The van der Waals surface area contributed by atoms with E-state index in [4.69, 9.17) is 4.42 Å². The van der Waals surface area contributed by atoms with E-state index in [0.29, 0.717) is 0 Å². The summed E-state index contributed by atoms with van der Waals surface area (Å²) < 4.78 is 6.92. The standard InChI is InChI=1S/C55H44N2O/c1-3-5-17-42(4-2)56(43-18-9-6-10-19-43)47-31-33-50-52(37-47)48-24-15-16-25-49(48)54-51-32-29-41(36-53(51)58-55(50)54)38-26-27-40-35-46(30-28-39(40)34-38)57(44-20-11-7-12-21-44)45-22-13-8-14-23-45/h3-7,9-13,15-16,18-37,42H,2,8,14,17H2,1H3/b5-3-. The van der Waals surface area contributed by atoms with Gasteiger partial charge < -0.3 is 14.2 Å². The molecule has 8 aromatic carbocycles. The van der Waals surface area contributed by atoms with Crippen molar-refractivity contribution in [3.05, 3.63) is 206 Å². The Balaban J connectivity index is 1.06. The van der Waals surface area contributed by atoms with Crippen molar-refractivity contribution in [3.63, 3.8) is 0 Å². The first-order valence-corrected chi connectivity index (χ1v) is 20.3. The Kier molecular flexibility index (Phi) is 9.20. The van der Waals surface area contributed by atoms with Crippen LogP contribution >= 0.6 is 0 Å². The summed E-state index contributed by atoms with van der Waals surface area (Å²) in [6, 6.07) is 57.2. The Morgan fingerprint density at radius 1 is 0.603 bits per heavy atom. The molecule has 3 nitrogen and oxygen atoms in total. The third-order valence-corrected chi connectivity index (χ3v) is 11.6. The highest BCUT2D eigenvalue weighted by Gasteiger charge is 2.21. The maximum absolute atomic E-state index is 6.92. The van der Waals surface area contributed by atoms with Crippen LogP contribution in [0.1, 0.15) is 26.2 Å². The van der Waals surface area contributed by atoms with E-state index >= 15 is 0 Å². The van der Waals surface area contributed by atoms with Crippen molar-refractivity contribution < 1.29 is 4.42 Å². The van der Waals surface area contributed by atoms with Crippen LogP contribution in [0.25, 0.3) is 65.4 Å². The summed E-state index contributed by atoms with van der Waals surface area (Å²) in [6.07, 6.45) is 16.2. The quantitative estimate of drug-likeness (QED) is 0.103. The Morgan fingerprint density at radius 3 is 2.07 bits per heavy atom. The van der Waals surface area contributed by atoms with Gasteiger partial charge in [-0.15, -0.1) is 6.58 Å². The summed E-state index contributed by atoms with van der Waals surface area (Å²) in [7, 11) is 0. The molecule has 1 aromatic heterocycles. The van der Waals surface area contributed by atoms with Crippen molar-refractivity contribution in [2.45, 2.75) is 32.2 Å². The van der Waals surface area contributed by atoms with Crippen molar-refractivity contribution >= 4 is 77.0 Å². The topological polar surface area (TPSA) is 19.6 Å². The molecular formula is C55H44N2O. The Bertz CT molecular complexity index is 3080. The summed E-state index contributed by atoms with van der Waals surface area (Å²) >= 11 is 0. The van der Waals surface area contributed by atoms with Gasteiger partial charge in [0.2, 0.25) is 0 Å². The van der Waals surface area contributed by atoms with Crippen LogP contribution in [0.5, 0.6) is 0 Å².